The molecular weight excluding hydrogens is 440 g/mol. The molecule has 0 spiro atoms. The fourth-order valence-corrected chi connectivity index (χ4v) is 3.75. The molecule has 5 aromatic rings. The molecule has 2 aromatic heterocycles. The summed E-state index contributed by atoms with van der Waals surface area (Å²) in [5.74, 6) is 1.04. The van der Waals surface area contributed by atoms with Gasteiger partial charge in [-0.2, -0.15) is 0 Å². The molecule has 0 aliphatic carbocycles. The standard InChI is InChI=1S/C28H24N4O3/c1-20-6-5-9-23(14-20)31-28(33)32-13-12-22-15-25(10-11-26(22)32)35-27-16-24(29-19-30-27)18-34-17-21-7-3-2-4-8-21/h2-16,19H,17-18H2,1H3,(H,31,33). The van der Waals surface area contributed by atoms with Gasteiger partial charge in [0.25, 0.3) is 0 Å². The molecule has 0 saturated heterocycles. The number of ether oxygens (including phenoxy) is 2. The van der Waals surface area contributed by atoms with Crippen LogP contribution in [0.2, 0.25) is 0 Å². The molecule has 1 amide bonds. The van der Waals surface area contributed by atoms with Crippen LogP contribution >= 0.6 is 0 Å². The van der Waals surface area contributed by atoms with E-state index in [0.717, 1.165) is 33.4 Å². The molecule has 2 heterocycles. The number of aryl methyl sites for hydroxylation is 1. The Labute approximate surface area is 203 Å². The molecule has 3 aromatic carbocycles. The van der Waals surface area contributed by atoms with Crippen molar-refractivity contribution < 1.29 is 14.3 Å². The van der Waals surface area contributed by atoms with Crippen molar-refractivity contribution in [2.75, 3.05) is 5.32 Å². The van der Waals surface area contributed by atoms with E-state index in [1.807, 2.05) is 85.8 Å². The molecule has 0 aliphatic heterocycles. The summed E-state index contributed by atoms with van der Waals surface area (Å²) >= 11 is 0. The Morgan fingerprint density at radius 3 is 2.66 bits per heavy atom. The van der Waals surface area contributed by atoms with E-state index in [-0.39, 0.29) is 6.03 Å². The number of amides is 1. The Balaban J connectivity index is 1.24. The molecule has 1 N–H and O–H groups in total. The summed E-state index contributed by atoms with van der Waals surface area (Å²) in [5, 5.41) is 3.81. The van der Waals surface area contributed by atoms with Crippen molar-refractivity contribution in [3.05, 3.63) is 114 Å². The van der Waals surface area contributed by atoms with E-state index in [1.54, 1.807) is 16.8 Å². The summed E-state index contributed by atoms with van der Waals surface area (Å²) in [6, 6.07) is 26.6. The van der Waals surface area contributed by atoms with Crippen molar-refractivity contribution in [1.82, 2.24) is 14.5 Å². The minimum Gasteiger partial charge on any atom is -0.439 e. The molecule has 0 unspecified atom stereocenters. The number of rotatable bonds is 7. The molecule has 0 bridgehead atoms. The van der Waals surface area contributed by atoms with Crippen LogP contribution in [0.15, 0.2) is 97.5 Å². The topological polar surface area (TPSA) is 78.3 Å². The molecule has 0 saturated carbocycles. The predicted octanol–water partition coefficient (Wildman–Crippen LogP) is 6.33. The summed E-state index contributed by atoms with van der Waals surface area (Å²) in [6.07, 6.45) is 3.20. The summed E-state index contributed by atoms with van der Waals surface area (Å²) < 4.78 is 13.3. The number of anilines is 1. The maximum atomic E-state index is 12.8. The largest absolute Gasteiger partial charge is 0.439 e. The lowest BCUT2D eigenvalue weighted by Gasteiger charge is -2.09. The maximum absolute atomic E-state index is 12.8. The summed E-state index contributed by atoms with van der Waals surface area (Å²) in [4.78, 5) is 21.3. The second-order valence-electron chi connectivity index (χ2n) is 8.13. The Hall–Kier alpha value is -4.49. The number of hydrogen-bond acceptors (Lipinski definition) is 5. The lowest BCUT2D eigenvalue weighted by atomic mass is 10.2. The number of hydrogen-bond donors (Lipinski definition) is 1. The number of fused-ring (bicyclic) bond motifs is 1. The highest BCUT2D eigenvalue weighted by molar-refractivity contribution is 5.98. The number of benzene rings is 3. The van der Waals surface area contributed by atoms with Crippen LogP contribution in [-0.4, -0.2) is 20.6 Å². The second kappa shape index (κ2) is 10.2. The van der Waals surface area contributed by atoms with E-state index in [2.05, 4.69) is 15.3 Å². The monoisotopic (exact) mass is 464 g/mol. The first-order valence-electron chi connectivity index (χ1n) is 11.2. The molecule has 174 valence electrons. The molecule has 35 heavy (non-hydrogen) atoms. The number of carbonyl (C=O) groups excluding carboxylic acids is 1. The number of aromatic nitrogens is 3. The van der Waals surface area contributed by atoms with Crippen molar-refractivity contribution in [1.29, 1.82) is 0 Å². The van der Waals surface area contributed by atoms with Gasteiger partial charge >= 0.3 is 6.03 Å². The van der Waals surface area contributed by atoms with E-state index in [0.29, 0.717) is 24.8 Å². The van der Waals surface area contributed by atoms with Crippen LogP contribution in [0.3, 0.4) is 0 Å². The first-order chi connectivity index (χ1) is 17.1. The molecule has 0 radical (unpaired) electrons. The third-order valence-electron chi connectivity index (χ3n) is 5.43. The van der Waals surface area contributed by atoms with Crippen LogP contribution in [0.1, 0.15) is 16.8 Å². The van der Waals surface area contributed by atoms with Crippen LogP contribution in [0.25, 0.3) is 10.9 Å². The number of carbonyl (C=O) groups is 1. The van der Waals surface area contributed by atoms with Gasteiger partial charge in [0.05, 0.1) is 24.4 Å². The highest BCUT2D eigenvalue weighted by Gasteiger charge is 2.11. The highest BCUT2D eigenvalue weighted by Crippen LogP contribution is 2.26. The predicted molar refractivity (Wildman–Crippen MR) is 135 cm³/mol. The van der Waals surface area contributed by atoms with Crippen molar-refractivity contribution in [3.63, 3.8) is 0 Å². The fourth-order valence-electron chi connectivity index (χ4n) is 3.75. The molecule has 0 aliphatic rings. The van der Waals surface area contributed by atoms with Gasteiger partial charge in [-0.05, 0) is 54.4 Å². The summed E-state index contributed by atoms with van der Waals surface area (Å²) in [5.41, 5.74) is 4.44. The smallest absolute Gasteiger partial charge is 0.330 e. The second-order valence-corrected chi connectivity index (χ2v) is 8.13. The normalized spacial score (nSPS) is 10.9. The highest BCUT2D eigenvalue weighted by atomic mass is 16.5. The van der Waals surface area contributed by atoms with Gasteiger partial charge in [-0.1, -0.05) is 42.5 Å². The molecular formula is C28H24N4O3. The minimum atomic E-state index is -0.227. The van der Waals surface area contributed by atoms with Crippen molar-refractivity contribution in [2.45, 2.75) is 20.1 Å². The molecule has 7 heteroatoms. The van der Waals surface area contributed by atoms with Gasteiger partial charge in [-0.3, -0.25) is 4.57 Å². The fraction of sp³-hybridized carbons (Fsp3) is 0.107. The van der Waals surface area contributed by atoms with Crippen LogP contribution in [0, 0.1) is 6.92 Å². The minimum absolute atomic E-state index is 0.227. The maximum Gasteiger partial charge on any atom is 0.330 e. The van der Waals surface area contributed by atoms with Crippen LogP contribution < -0.4 is 10.1 Å². The third kappa shape index (κ3) is 5.54. The molecule has 0 atom stereocenters. The van der Waals surface area contributed by atoms with Crippen molar-refractivity contribution in [3.8, 4) is 11.6 Å². The average Bonchev–Trinajstić information content (AvgIpc) is 3.28. The zero-order chi connectivity index (χ0) is 24.0. The lowest BCUT2D eigenvalue weighted by Crippen LogP contribution is -2.18. The first kappa shape index (κ1) is 22.3. The zero-order valence-corrected chi connectivity index (χ0v) is 19.2. The quantitative estimate of drug-likeness (QED) is 0.305. The van der Waals surface area contributed by atoms with E-state index < -0.39 is 0 Å². The number of nitrogens with zero attached hydrogens (tertiary/aromatic N) is 3. The third-order valence-corrected chi connectivity index (χ3v) is 5.43. The zero-order valence-electron chi connectivity index (χ0n) is 19.2. The number of nitrogens with one attached hydrogen (secondary N) is 1. The van der Waals surface area contributed by atoms with Crippen LogP contribution in [0.4, 0.5) is 10.5 Å². The van der Waals surface area contributed by atoms with Crippen molar-refractivity contribution in [2.24, 2.45) is 0 Å². The Bertz CT molecular complexity index is 1460. The van der Waals surface area contributed by atoms with E-state index in [4.69, 9.17) is 9.47 Å². The van der Waals surface area contributed by atoms with E-state index in [9.17, 15) is 4.79 Å². The van der Waals surface area contributed by atoms with E-state index in [1.165, 1.54) is 6.33 Å². The molecule has 0 fully saturated rings. The van der Waals surface area contributed by atoms with Gasteiger partial charge in [-0.15, -0.1) is 0 Å². The average molecular weight is 465 g/mol. The Morgan fingerprint density at radius 2 is 1.80 bits per heavy atom. The summed E-state index contributed by atoms with van der Waals surface area (Å²) in [6.45, 7) is 2.85. The van der Waals surface area contributed by atoms with Crippen molar-refractivity contribution >= 4 is 22.6 Å². The first-order valence-corrected chi connectivity index (χ1v) is 11.2. The SMILES string of the molecule is Cc1cccc(NC(=O)n2ccc3cc(Oc4cc(COCc5ccccc5)ncn4)ccc32)c1. The van der Waals surface area contributed by atoms with Gasteiger partial charge in [0.15, 0.2) is 0 Å². The van der Waals surface area contributed by atoms with Gasteiger partial charge in [0.1, 0.15) is 12.1 Å². The molecule has 7 nitrogen and oxygen atoms in total. The Kier molecular flexibility index (Phi) is 6.50. The lowest BCUT2D eigenvalue weighted by molar-refractivity contribution is 0.104. The van der Waals surface area contributed by atoms with E-state index >= 15 is 0 Å². The van der Waals surface area contributed by atoms with Crippen LogP contribution in [0.5, 0.6) is 11.6 Å². The molecule has 5 rings (SSSR count). The van der Waals surface area contributed by atoms with Gasteiger partial charge in [0.2, 0.25) is 5.88 Å². The van der Waals surface area contributed by atoms with Gasteiger partial charge < -0.3 is 14.8 Å². The Morgan fingerprint density at radius 1 is 0.914 bits per heavy atom. The van der Waals surface area contributed by atoms with Gasteiger partial charge in [0, 0.05) is 23.3 Å². The van der Waals surface area contributed by atoms with Crippen LogP contribution in [-0.2, 0) is 18.0 Å². The van der Waals surface area contributed by atoms with Gasteiger partial charge in [-0.25, -0.2) is 14.8 Å². The summed E-state index contributed by atoms with van der Waals surface area (Å²) in [7, 11) is 0.